The second kappa shape index (κ2) is 9.93. The van der Waals surface area contributed by atoms with E-state index in [-0.39, 0.29) is 0 Å². The van der Waals surface area contributed by atoms with Gasteiger partial charge in [-0.1, -0.05) is 111 Å². The minimum atomic E-state index is 0.697. The Balaban J connectivity index is 1.67. The Morgan fingerprint density at radius 3 is 1.43 bits per heavy atom. The van der Waals surface area contributed by atoms with Crippen molar-refractivity contribution in [3.8, 4) is 34.2 Å². The Labute approximate surface area is 178 Å². The second-order valence-electron chi connectivity index (χ2n) is 7.55. The SMILES string of the molecule is CCCCCCc1ccc(-c2nc(-c3ccccc3)nc(-c3ccccc3)n2)cc1. The Morgan fingerprint density at radius 1 is 0.500 bits per heavy atom. The number of rotatable bonds is 8. The van der Waals surface area contributed by atoms with Gasteiger partial charge in [-0.15, -0.1) is 0 Å². The molecule has 0 atom stereocenters. The fraction of sp³-hybridized carbons (Fsp3) is 0.222. The number of hydrogen-bond donors (Lipinski definition) is 0. The molecule has 1 heterocycles. The number of unbranched alkanes of at least 4 members (excludes halogenated alkanes) is 3. The molecular weight excluding hydrogens is 366 g/mol. The van der Waals surface area contributed by atoms with E-state index in [1.54, 1.807) is 0 Å². The number of benzene rings is 3. The molecule has 0 saturated carbocycles. The minimum Gasteiger partial charge on any atom is -0.208 e. The molecule has 150 valence electrons. The Bertz CT molecular complexity index is 1000. The third kappa shape index (κ3) is 4.98. The van der Waals surface area contributed by atoms with Crippen LogP contribution in [0.2, 0.25) is 0 Å². The summed E-state index contributed by atoms with van der Waals surface area (Å²) in [4.78, 5) is 14.3. The molecule has 3 aromatic carbocycles. The van der Waals surface area contributed by atoms with Gasteiger partial charge in [0.15, 0.2) is 17.5 Å². The van der Waals surface area contributed by atoms with Crippen molar-refractivity contribution in [2.24, 2.45) is 0 Å². The number of hydrogen-bond acceptors (Lipinski definition) is 3. The van der Waals surface area contributed by atoms with Crippen molar-refractivity contribution in [3.05, 3.63) is 90.5 Å². The Morgan fingerprint density at radius 2 is 0.967 bits per heavy atom. The van der Waals surface area contributed by atoms with Crippen molar-refractivity contribution >= 4 is 0 Å². The van der Waals surface area contributed by atoms with Crippen LogP contribution in [0.5, 0.6) is 0 Å². The predicted molar refractivity (Wildman–Crippen MR) is 124 cm³/mol. The fourth-order valence-corrected chi connectivity index (χ4v) is 3.51. The van der Waals surface area contributed by atoms with Gasteiger partial charge < -0.3 is 0 Å². The second-order valence-corrected chi connectivity index (χ2v) is 7.55. The lowest BCUT2D eigenvalue weighted by Gasteiger charge is -2.09. The first-order valence-electron chi connectivity index (χ1n) is 10.8. The van der Waals surface area contributed by atoms with Crippen LogP contribution in [0.1, 0.15) is 38.2 Å². The molecule has 30 heavy (non-hydrogen) atoms. The molecular formula is C27H27N3. The van der Waals surface area contributed by atoms with E-state index in [0.29, 0.717) is 17.5 Å². The summed E-state index contributed by atoms with van der Waals surface area (Å²) in [5.41, 5.74) is 4.37. The molecule has 0 aliphatic carbocycles. The third-order valence-corrected chi connectivity index (χ3v) is 5.23. The molecule has 0 aliphatic heterocycles. The van der Waals surface area contributed by atoms with E-state index in [9.17, 15) is 0 Å². The monoisotopic (exact) mass is 393 g/mol. The zero-order valence-electron chi connectivity index (χ0n) is 17.5. The largest absolute Gasteiger partial charge is 0.208 e. The van der Waals surface area contributed by atoms with Gasteiger partial charge in [0, 0.05) is 16.7 Å². The van der Waals surface area contributed by atoms with Crippen LogP contribution in [0.15, 0.2) is 84.9 Å². The van der Waals surface area contributed by atoms with Crippen LogP contribution in [0, 0.1) is 0 Å². The summed E-state index contributed by atoms with van der Waals surface area (Å²) in [6.07, 6.45) is 6.25. The van der Waals surface area contributed by atoms with E-state index in [0.717, 1.165) is 23.1 Å². The molecule has 0 saturated heterocycles. The zero-order chi connectivity index (χ0) is 20.6. The van der Waals surface area contributed by atoms with Crippen molar-refractivity contribution < 1.29 is 0 Å². The quantitative estimate of drug-likeness (QED) is 0.303. The van der Waals surface area contributed by atoms with E-state index in [4.69, 9.17) is 15.0 Å². The highest BCUT2D eigenvalue weighted by molar-refractivity contribution is 5.66. The van der Waals surface area contributed by atoms with Crippen LogP contribution in [0.3, 0.4) is 0 Å². The smallest absolute Gasteiger partial charge is 0.164 e. The van der Waals surface area contributed by atoms with Crippen molar-refractivity contribution in [1.82, 2.24) is 15.0 Å². The van der Waals surface area contributed by atoms with Gasteiger partial charge in [0.2, 0.25) is 0 Å². The third-order valence-electron chi connectivity index (χ3n) is 5.23. The van der Waals surface area contributed by atoms with E-state index in [2.05, 4.69) is 31.2 Å². The summed E-state index contributed by atoms with van der Waals surface area (Å²) in [5, 5.41) is 0. The maximum atomic E-state index is 4.79. The average Bonchev–Trinajstić information content (AvgIpc) is 2.83. The summed E-state index contributed by atoms with van der Waals surface area (Å²) in [6, 6.07) is 28.9. The van der Waals surface area contributed by atoms with Crippen molar-refractivity contribution in [1.29, 1.82) is 0 Å². The lowest BCUT2D eigenvalue weighted by molar-refractivity contribution is 0.667. The van der Waals surface area contributed by atoms with Crippen LogP contribution in [0.4, 0.5) is 0 Å². The molecule has 0 amide bonds. The molecule has 0 bridgehead atoms. The van der Waals surface area contributed by atoms with Gasteiger partial charge >= 0.3 is 0 Å². The lowest BCUT2D eigenvalue weighted by Crippen LogP contribution is -2.00. The summed E-state index contributed by atoms with van der Waals surface area (Å²) in [7, 11) is 0. The highest BCUT2D eigenvalue weighted by Crippen LogP contribution is 2.25. The average molecular weight is 394 g/mol. The van der Waals surface area contributed by atoms with E-state index in [1.807, 2.05) is 60.7 Å². The Hall–Kier alpha value is -3.33. The zero-order valence-corrected chi connectivity index (χ0v) is 17.5. The topological polar surface area (TPSA) is 38.7 Å². The van der Waals surface area contributed by atoms with E-state index < -0.39 is 0 Å². The van der Waals surface area contributed by atoms with Gasteiger partial charge in [0.1, 0.15) is 0 Å². The summed E-state index contributed by atoms with van der Waals surface area (Å²) in [5.74, 6) is 2.10. The normalized spacial score (nSPS) is 10.8. The molecule has 0 radical (unpaired) electrons. The standard InChI is InChI=1S/C27H27N3/c1-2-3-4-7-12-21-17-19-24(20-18-21)27-29-25(22-13-8-5-9-14-22)28-26(30-27)23-15-10-6-11-16-23/h5-6,8-11,13-20H,2-4,7,12H2,1H3. The lowest BCUT2D eigenvalue weighted by atomic mass is 10.0. The molecule has 0 N–H and O–H groups in total. The molecule has 0 fully saturated rings. The van der Waals surface area contributed by atoms with Gasteiger partial charge in [-0.3, -0.25) is 0 Å². The highest BCUT2D eigenvalue weighted by atomic mass is 15.0. The summed E-state index contributed by atoms with van der Waals surface area (Å²) >= 11 is 0. The van der Waals surface area contributed by atoms with Crippen molar-refractivity contribution in [2.75, 3.05) is 0 Å². The number of aromatic nitrogens is 3. The van der Waals surface area contributed by atoms with E-state index >= 15 is 0 Å². The molecule has 0 spiro atoms. The molecule has 3 heteroatoms. The summed E-state index contributed by atoms with van der Waals surface area (Å²) in [6.45, 7) is 2.25. The minimum absolute atomic E-state index is 0.697. The molecule has 4 rings (SSSR count). The molecule has 4 aromatic rings. The first kappa shape index (κ1) is 20.0. The maximum absolute atomic E-state index is 4.79. The molecule has 1 aromatic heterocycles. The van der Waals surface area contributed by atoms with Crippen molar-refractivity contribution in [2.45, 2.75) is 39.0 Å². The fourth-order valence-electron chi connectivity index (χ4n) is 3.51. The number of aryl methyl sites for hydroxylation is 1. The van der Waals surface area contributed by atoms with Gasteiger partial charge in [-0.25, -0.2) is 15.0 Å². The van der Waals surface area contributed by atoms with Crippen LogP contribution < -0.4 is 0 Å². The van der Waals surface area contributed by atoms with Gasteiger partial charge in [-0.2, -0.15) is 0 Å². The molecule has 0 unspecified atom stereocenters. The van der Waals surface area contributed by atoms with Gasteiger partial charge in [0.25, 0.3) is 0 Å². The highest BCUT2D eigenvalue weighted by Gasteiger charge is 2.11. The predicted octanol–water partition coefficient (Wildman–Crippen LogP) is 7.00. The van der Waals surface area contributed by atoms with Crippen LogP contribution in [-0.4, -0.2) is 15.0 Å². The first-order chi connectivity index (χ1) is 14.8. The van der Waals surface area contributed by atoms with Crippen LogP contribution >= 0.6 is 0 Å². The first-order valence-corrected chi connectivity index (χ1v) is 10.8. The van der Waals surface area contributed by atoms with E-state index in [1.165, 1.54) is 31.2 Å². The van der Waals surface area contributed by atoms with Crippen LogP contribution in [-0.2, 0) is 6.42 Å². The number of nitrogens with zero attached hydrogens (tertiary/aromatic N) is 3. The molecule has 3 nitrogen and oxygen atoms in total. The maximum Gasteiger partial charge on any atom is 0.164 e. The van der Waals surface area contributed by atoms with Gasteiger partial charge in [0.05, 0.1) is 0 Å². The Kier molecular flexibility index (Phi) is 6.61. The summed E-state index contributed by atoms with van der Waals surface area (Å²) < 4.78 is 0. The molecule has 0 aliphatic rings. The van der Waals surface area contributed by atoms with Crippen LogP contribution in [0.25, 0.3) is 34.2 Å². The van der Waals surface area contributed by atoms with Crippen molar-refractivity contribution in [3.63, 3.8) is 0 Å². The van der Waals surface area contributed by atoms with Gasteiger partial charge in [-0.05, 0) is 18.4 Å².